The summed E-state index contributed by atoms with van der Waals surface area (Å²) < 4.78 is 4.11. The number of benzene rings is 1. The van der Waals surface area contributed by atoms with Gasteiger partial charge in [-0.15, -0.1) is 0 Å². The molecule has 1 amide bonds. The summed E-state index contributed by atoms with van der Waals surface area (Å²) in [6, 6.07) is 8.19. The number of imidazole rings is 1. The molecule has 0 saturated carbocycles. The van der Waals surface area contributed by atoms with E-state index in [1.165, 1.54) is 11.3 Å². The van der Waals surface area contributed by atoms with E-state index in [0.717, 1.165) is 29.3 Å². The molecular weight excluding hydrogens is 374 g/mol. The van der Waals surface area contributed by atoms with Gasteiger partial charge in [-0.3, -0.25) is 9.48 Å². The molecule has 6 heteroatoms. The fourth-order valence-corrected chi connectivity index (χ4v) is 3.83. The van der Waals surface area contributed by atoms with Crippen molar-refractivity contribution in [3.8, 4) is 5.69 Å². The fraction of sp³-hybridized carbons (Fsp3) is 0.458. The molecule has 2 heterocycles. The summed E-state index contributed by atoms with van der Waals surface area (Å²) in [4.78, 5) is 16.8. The highest BCUT2D eigenvalue weighted by Gasteiger charge is 2.15. The Morgan fingerprint density at radius 3 is 2.40 bits per heavy atom. The minimum atomic E-state index is -0.0405. The molecule has 0 aliphatic heterocycles. The maximum Gasteiger partial charge on any atom is 0.220 e. The van der Waals surface area contributed by atoms with E-state index >= 15 is 0 Å². The van der Waals surface area contributed by atoms with Crippen LogP contribution >= 0.6 is 0 Å². The topological polar surface area (TPSA) is 64.7 Å². The van der Waals surface area contributed by atoms with Crippen LogP contribution in [0.3, 0.4) is 0 Å². The summed E-state index contributed by atoms with van der Waals surface area (Å²) in [5.41, 5.74) is 5.55. The molecule has 30 heavy (non-hydrogen) atoms. The third kappa shape index (κ3) is 4.99. The lowest BCUT2D eigenvalue weighted by Gasteiger charge is -2.15. The number of rotatable bonds is 8. The van der Waals surface area contributed by atoms with Gasteiger partial charge >= 0.3 is 0 Å². The van der Waals surface area contributed by atoms with Gasteiger partial charge in [0.15, 0.2) is 0 Å². The number of nitrogens with one attached hydrogen (secondary N) is 1. The molecule has 2 aromatic heterocycles. The quantitative estimate of drug-likeness (QED) is 0.600. The first-order valence-corrected chi connectivity index (χ1v) is 10.7. The molecule has 1 aromatic carbocycles. The molecule has 1 atom stereocenters. The molecule has 3 rings (SSSR count). The van der Waals surface area contributed by atoms with Crippen molar-refractivity contribution in [1.29, 1.82) is 0 Å². The van der Waals surface area contributed by atoms with Gasteiger partial charge in [-0.25, -0.2) is 4.98 Å². The van der Waals surface area contributed by atoms with Crippen molar-refractivity contribution in [2.75, 3.05) is 0 Å². The van der Waals surface area contributed by atoms with Crippen molar-refractivity contribution in [1.82, 2.24) is 24.6 Å². The summed E-state index contributed by atoms with van der Waals surface area (Å²) in [6.45, 7) is 13.4. The normalized spacial score (nSPS) is 12.4. The summed E-state index contributed by atoms with van der Waals surface area (Å²) in [7, 11) is 0. The number of nitrogens with zero attached hydrogens (tertiary/aromatic N) is 4. The SMILES string of the molecule is Cc1nn(CC(C)C)c(C)c1CCC(=O)N[C@H](C)c1ccc(-n2ccnc2C)cc1. The van der Waals surface area contributed by atoms with E-state index in [4.69, 9.17) is 0 Å². The maximum atomic E-state index is 12.6. The Kier molecular flexibility index (Phi) is 6.75. The highest BCUT2D eigenvalue weighted by Crippen LogP contribution is 2.19. The van der Waals surface area contributed by atoms with Gasteiger partial charge in [0.2, 0.25) is 5.91 Å². The minimum Gasteiger partial charge on any atom is -0.350 e. The molecule has 0 aliphatic carbocycles. The van der Waals surface area contributed by atoms with Crippen LogP contribution in [0.15, 0.2) is 36.7 Å². The molecule has 0 bridgehead atoms. The van der Waals surface area contributed by atoms with Crippen LogP contribution in [0, 0.1) is 26.7 Å². The standard InChI is InChI=1S/C24H33N5O/c1-16(2)15-29-19(5)23(18(4)27-29)11-12-24(30)26-17(3)21-7-9-22(10-8-21)28-14-13-25-20(28)6/h7-10,13-14,16-17H,11-12,15H2,1-6H3,(H,26,30)/t17-/m1/s1. The van der Waals surface area contributed by atoms with Crippen molar-refractivity contribution in [3.63, 3.8) is 0 Å². The van der Waals surface area contributed by atoms with Crippen molar-refractivity contribution in [2.45, 2.75) is 67.0 Å². The zero-order valence-electron chi connectivity index (χ0n) is 18.9. The Morgan fingerprint density at radius 1 is 1.10 bits per heavy atom. The molecule has 0 aliphatic rings. The van der Waals surface area contributed by atoms with E-state index in [2.05, 4.69) is 65.1 Å². The molecule has 0 fully saturated rings. The Labute approximate surface area is 179 Å². The van der Waals surface area contributed by atoms with E-state index in [1.54, 1.807) is 6.20 Å². The van der Waals surface area contributed by atoms with Crippen LogP contribution in [0.4, 0.5) is 0 Å². The largest absolute Gasteiger partial charge is 0.350 e. The Morgan fingerprint density at radius 2 is 1.80 bits per heavy atom. The number of aromatic nitrogens is 4. The first-order valence-electron chi connectivity index (χ1n) is 10.7. The number of carbonyl (C=O) groups is 1. The Bertz CT molecular complexity index is 997. The van der Waals surface area contributed by atoms with E-state index in [1.807, 2.05) is 31.5 Å². The minimum absolute atomic E-state index is 0.0405. The summed E-state index contributed by atoms with van der Waals surface area (Å²) in [5, 5.41) is 7.78. The van der Waals surface area contributed by atoms with Crippen molar-refractivity contribution < 1.29 is 4.79 Å². The molecular formula is C24H33N5O. The van der Waals surface area contributed by atoms with Gasteiger partial charge in [0, 0.05) is 36.7 Å². The molecule has 0 saturated heterocycles. The molecule has 0 unspecified atom stereocenters. The van der Waals surface area contributed by atoms with Gasteiger partial charge in [-0.2, -0.15) is 5.10 Å². The number of carbonyl (C=O) groups excluding carboxylic acids is 1. The van der Waals surface area contributed by atoms with Crippen LogP contribution in [-0.4, -0.2) is 25.2 Å². The number of hydrogen-bond acceptors (Lipinski definition) is 3. The highest BCUT2D eigenvalue weighted by atomic mass is 16.1. The molecule has 160 valence electrons. The molecule has 3 aromatic rings. The van der Waals surface area contributed by atoms with Crippen molar-refractivity contribution in [2.24, 2.45) is 5.92 Å². The monoisotopic (exact) mass is 407 g/mol. The number of aryl methyl sites for hydroxylation is 2. The number of hydrogen-bond donors (Lipinski definition) is 1. The lowest BCUT2D eigenvalue weighted by atomic mass is 10.1. The molecule has 0 radical (unpaired) electrons. The Hall–Kier alpha value is -2.89. The Balaban J connectivity index is 1.57. The van der Waals surface area contributed by atoms with Gasteiger partial charge in [0.05, 0.1) is 11.7 Å². The fourth-order valence-electron chi connectivity index (χ4n) is 3.83. The molecule has 6 nitrogen and oxygen atoms in total. The third-order valence-corrected chi connectivity index (χ3v) is 5.55. The van der Waals surface area contributed by atoms with Crippen LogP contribution in [0.2, 0.25) is 0 Å². The van der Waals surface area contributed by atoms with Gasteiger partial charge in [-0.1, -0.05) is 26.0 Å². The van der Waals surface area contributed by atoms with E-state index in [9.17, 15) is 4.79 Å². The van der Waals surface area contributed by atoms with E-state index < -0.39 is 0 Å². The second kappa shape index (κ2) is 9.28. The molecule has 1 N–H and O–H groups in total. The zero-order valence-corrected chi connectivity index (χ0v) is 18.9. The van der Waals surface area contributed by atoms with Gasteiger partial charge < -0.3 is 9.88 Å². The summed E-state index contributed by atoms with van der Waals surface area (Å²) >= 11 is 0. The zero-order chi connectivity index (χ0) is 21.8. The van der Waals surface area contributed by atoms with Crippen LogP contribution in [0.1, 0.15) is 61.6 Å². The first-order chi connectivity index (χ1) is 14.3. The van der Waals surface area contributed by atoms with Crippen molar-refractivity contribution >= 4 is 5.91 Å². The second-order valence-corrected chi connectivity index (χ2v) is 8.45. The van der Waals surface area contributed by atoms with Crippen LogP contribution in [0.25, 0.3) is 5.69 Å². The predicted molar refractivity (Wildman–Crippen MR) is 120 cm³/mol. The number of amides is 1. The van der Waals surface area contributed by atoms with Crippen LogP contribution in [0.5, 0.6) is 0 Å². The van der Waals surface area contributed by atoms with Crippen LogP contribution < -0.4 is 5.32 Å². The third-order valence-electron chi connectivity index (χ3n) is 5.55. The average molecular weight is 408 g/mol. The molecule has 0 spiro atoms. The highest BCUT2D eigenvalue weighted by molar-refractivity contribution is 5.76. The first kappa shape index (κ1) is 21.8. The van der Waals surface area contributed by atoms with E-state index in [0.29, 0.717) is 18.8 Å². The summed E-state index contributed by atoms with van der Waals surface area (Å²) in [5.74, 6) is 1.56. The second-order valence-electron chi connectivity index (χ2n) is 8.45. The van der Waals surface area contributed by atoms with Crippen molar-refractivity contribution in [3.05, 3.63) is 65.0 Å². The van der Waals surface area contributed by atoms with E-state index in [-0.39, 0.29) is 11.9 Å². The predicted octanol–water partition coefficient (Wildman–Crippen LogP) is 4.46. The van der Waals surface area contributed by atoms with Gasteiger partial charge in [0.25, 0.3) is 0 Å². The van der Waals surface area contributed by atoms with Crippen LogP contribution in [-0.2, 0) is 17.8 Å². The van der Waals surface area contributed by atoms with Gasteiger partial charge in [0.1, 0.15) is 5.82 Å². The lowest BCUT2D eigenvalue weighted by Crippen LogP contribution is -2.26. The van der Waals surface area contributed by atoms with Gasteiger partial charge in [-0.05, 0) is 63.3 Å². The summed E-state index contributed by atoms with van der Waals surface area (Å²) in [6.07, 6.45) is 4.92. The average Bonchev–Trinajstić information content (AvgIpc) is 3.23. The maximum absolute atomic E-state index is 12.6. The smallest absolute Gasteiger partial charge is 0.220 e. The lowest BCUT2D eigenvalue weighted by molar-refractivity contribution is -0.121.